The van der Waals surface area contributed by atoms with Crippen LogP contribution in [0.1, 0.15) is 71.8 Å². The minimum Gasteiger partial charge on any atom is -0.379 e. The molecule has 0 bridgehead atoms. The third-order valence-electron chi connectivity index (χ3n) is 8.58. The van der Waals surface area contributed by atoms with Crippen molar-refractivity contribution in [1.29, 1.82) is 0 Å². The van der Waals surface area contributed by atoms with Gasteiger partial charge >= 0.3 is 6.18 Å². The Balaban J connectivity index is 1.13. The van der Waals surface area contributed by atoms with Gasteiger partial charge < -0.3 is 29.7 Å². The molecular formula is C30H40F3N5O4. The van der Waals surface area contributed by atoms with Gasteiger partial charge in [0.2, 0.25) is 0 Å². The maximum Gasteiger partial charge on any atom is 0.416 e. The highest BCUT2D eigenvalue weighted by Gasteiger charge is 2.33. The summed E-state index contributed by atoms with van der Waals surface area (Å²) in [6.07, 6.45) is 1.78. The van der Waals surface area contributed by atoms with Gasteiger partial charge in [0.05, 0.1) is 30.5 Å². The molecule has 0 spiro atoms. The van der Waals surface area contributed by atoms with Crippen molar-refractivity contribution in [2.24, 2.45) is 0 Å². The van der Waals surface area contributed by atoms with Crippen molar-refractivity contribution in [3.05, 3.63) is 53.0 Å². The Bertz CT molecular complexity index is 1190. The summed E-state index contributed by atoms with van der Waals surface area (Å²) >= 11 is 0. The van der Waals surface area contributed by atoms with Crippen LogP contribution in [0.15, 0.2) is 30.6 Å². The lowest BCUT2D eigenvalue weighted by Crippen LogP contribution is -2.54. The number of ether oxygens (including phenoxy) is 3. The number of piperidine rings is 1. The largest absolute Gasteiger partial charge is 0.416 e. The summed E-state index contributed by atoms with van der Waals surface area (Å²) in [4.78, 5) is 24.0. The highest BCUT2D eigenvalue weighted by Crippen LogP contribution is 2.34. The lowest BCUT2D eigenvalue weighted by molar-refractivity contribution is -0.137. The van der Waals surface area contributed by atoms with Crippen LogP contribution >= 0.6 is 0 Å². The van der Waals surface area contributed by atoms with E-state index in [1.54, 1.807) is 7.11 Å². The van der Waals surface area contributed by atoms with Crippen LogP contribution in [-0.2, 0) is 20.4 Å². The molecule has 4 atom stereocenters. The van der Waals surface area contributed by atoms with Crippen molar-refractivity contribution in [2.45, 2.75) is 82.0 Å². The number of nitrogens with one attached hydrogen (secondary N) is 2. The van der Waals surface area contributed by atoms with Crippen molar-refractivity contribution in [3.8, 4) is 0 Å². The number of amides is 1. The average molecular weight is 592 g/mol. The highest BCUT2D eigenvalue weighted by molar-refractivity contribution is 5.94. The lowest BCUT2D eigenvalue weighted by Gasteiger charge is -2.38. The van der Waals surface area contributed by atoms with Crippen LogP contribution in [0.2, 0.25) is 0 Å². The fourth-order valence-electron chi connectivity index (χ4n) is 6.07. The zero-order valence-corrected chi connectivity index (χ0v) is 24.2. The number of carbonyl (C=O) groups is 1. The van der Waals surface area contributed by atoms with Crippen molar-refractivity contribution in [1.82, 2.24) is 20.2 Å². The molecule has 0 saturated carbocycles. The number of nitrogens with zero attached hydrogens (tertiary/aromatic N) is 3. The molecule has 12 heteroatoms. The van der Waals surface area contributed by atoms with E-state index in [4.69, 9.17) is 14.2 Å². The van der Waals surface area contributed by atoms with Gasteiger partial charge in [0.25, 0.3) is 5.91 Å². The van der Waals surface area contributed by atoms with Gasteiger partial charge in [-0.05, 0) is 63.1 Å². The first kappa shape index (κ1) is 30.7. The van der Waals surface area contributed by atoms with E-state index in [1.165, 1.54) is 18.5 Å². The second kappa shape index (κ2) is 13.7. The molecule has 9 nitrogen and oxygen atoms in total. The van der Waals surface area contributed by atoms with Gasteiger partial charge in [-0.3, -0.25) is 4.79 Å². The summed E-state index contributed by atoms with van der Waals surface area (Å²) < 4.78 is 56.1. The van der Waals surface area contributed by atoms with Crippen molar-refractivity contribution in [2.75, 3.05) is 45.3 Å². The topological polar surface area (TPSA) is 97.8 Å². The van der Waals surface area contributed by atoms with Gasteiger partial charge in [0.1, 0.15) is 17.8 Å². The van der Waals surface area contributed by atoms with E-state index >= 15 is 0 Å². The van der Waals surface area contributed by atoms with Gasteiger partial charge in [-0.2, -0.15) is 13.2 Å². The number of likely N-dealkylation sites (tertiary alicyclic amines) is 1. The minimum absolute atomic E-state index is 0.0442. The number of rotatable bonds is 8. The minimum atomic E-state index is -4.36. The normalized spacial score (nSPS) is 25.8. The van der Waals surface area contributed by atoms with E-state index < -0.39 is 11.7 Å². The number of alkyl halides is 3. The number of methoxy groups -OCH3 is 1. The predicted octanol–water partition coefficient (Wildman–Crippen LogP) is 4.52. The summed E-state index contributed by atoms with van der Waals surface area (Å²) in [5, 5.41) is 7.03. The van der Waals surface area contributed by atoms with Crippen molar-refractivity contribution in [3.63, 3.8) is 0 Å². The summed E-state index contributed by atoms with van der Waals surface area (Å²) in [7, 11) is 1.71. The zero-order chi connectivity index (χ0) is 29.7. The van der Waals surface area contributed by atoms with E-state index in [2.05, 4.69) is 20.6 Å². The molecular weight excluding hydrogens is 551 g/mol. The molecule has 1 unspecified atom stereocenters. The summed E-state index contributed by atoms with van der Waals surface area (Å²) in [5.41, 5.74) is 1.14. The Kier molecular flexibility index (Phi) is 9.97. The van der Waals surface area contributed by atoms with E-state index in [1.807, 2.05) is 11.8 Å². The molecule has 1 amide bonds. The van der Waals surface area contributed by atoms with E-state index in [-0.39, 0.29) is 30.3 Å². The molecule has 5 rings (SSSR count). The Labute approximate surface area is 244 Å². The molecule has 0 aliphatic carbocycles. The van der Waals surface area contributed by atoms with E-state index in [0.717, 1.165) is 62.8 Å². The number of anilines is 1. The molecule has 2 aromatic rings. The van der Waals surface area contributed by atoms with Crippen LogP contribution < -0.4 is 10.6 Å². The second-order valence-corrected chi connectivity index (χ2v) is 11.4. The van der Waals surface area contributed by atoms with Crippen molar-refractivity contribution >= 4 is 11.7 Å². The molecule has 1 aromatic carbocycles. The first-order valence-corrected chi connectivity index (χ1v) is 14.8. The standard InChI is InChI=1S/C30H40F3N5O4/c1-19-27(29(39)38-13-10-22(11-14-38)37-24-12-15-41-17-26(24)40-2)35-18-36-28(19)34-16-23-4-3-5-25(42-23)20-6-8-21(9-7-20)30(31,32)33/h6-9,18,22-26,37H,3-5,10-17H2,1-2H3,(H,34,35,36)/t23?,24-,25+,26+/m1/s1. The van der Waals surface area contributed by atoms with Crippen LogP contribution in [0.25, 0.3) is 0 Å². The highest BCUT2D eigenvalue weighted by atomic mass is 19.4. The summed E-state index contributed by atoms with van der Waals surface area (Å²) in [5.74, 6) is 0.476. The molecule has 1 aromatic heterocycles. The third-order valence-corrected chi connectivity index (χ3v) is 8.58. The maximum absolute atomic E-state index is 13.4. The van der Waals surface area contributed by atoms with Gasteiger partial charge in [-0.25, -0.2) is 9.97 Å². The van der Waals surface area contributed by atoms with Gasteiger partial charge in [0.15, 0.2) is 0 Å². The number of benzene rings is 1. The van der Waals surface area contributed by atoms with Crippen molar-refractivity contribution < 1.29 is 32.2 Å². The van der Waals surface area contributed by atoms with Crippen LogP contribution in [0, 0.1) is 6.92 Å². The SMILES string of the molecule is CO[C@H]1COCC[C@H]1NC1CCN(C(=O)c2ncnc(NCC3CCC[C@@H](c4ccc(C(F)(F)F)cc4)O3)c2C)CC1. The van der Waals surface area contributed by atoms with E-state index in [0.29, 0.717) is 49.4 Å². The lowest BCUT2D eigenvalue weighted by atomic mass is 9.97. The number of carbonyl (C=O) groups excluding carboxylic acids is 1. The Morgan fingerprint density at radius 3 is 2.57 bits per heavy atom. The predicted molar refractivity (Wildman–Crippen MR) is 150 cm³/mol. The maximum atomic E-state index is 13.4. The summed E-state index contributed by atoms with van der Waals surface area (Å²) in [6, 6.07) is 5.77. The van der Waals surface area contributed by atoms with Gasteiger partial charge in [0, 0.05) is 51.0 Å². The van der Waals surface area contributed by atoms with Crippen LogP contribution in [0.4, 0.5) is 19.0 Å². The fraction of sp³-hybridized carbons (Fsp3) is 0.633. The molecule has 3 saturated heterocycles. The molecule has 0 radical (unpaired) electrons. The number of halogens is 3. The monoisotopic (exact) mass is 591 g/mol. The molecule has 3 fully saturated rings. The van der Waals surface area contributed by atoms with Crippen LogP contribution in [0.5, 0.6) is 0 Å². The first-order chi connectivity index (χ1) is 20.2. The second-order valence-electron chi connectivity index (χ2n) is 11.4. The number of hydrogen-bond donors (Lipinski definition) is 2. The Hall–Kier alpha value is -2.80. The Morgan fingerprint density at radius 2 is 1.86 bits per heavy atom. The third kappa shape index (κ3) is 7.39. The molecule has 3 aliphatic heterocycles. The smallest absolute Gasteiger partial charge is 0.379 e. The summed E-state index contributed by atoms with van der Waals surface area (Å²) in [6.45, 7) is 4.92. The average Bonchev–Trinajstić information content (AvgIpc) is 3.01. The van der Waals surface area contributed by atoms with Gasteiger partial charge in [-0.15, -0.1) is 0 Å². The molecule has 4 heterocycles. The van der Waals surface area contributed by atoms with E-state index in [9.17, 15) is 18.0 Å². The van der Waals surface area contributed by atoms with Crippen LogP contribution in [0.3, 0.4) is 0 Å². The quantitative estimate of drug-likeness (QED) is 0.463. The molecule has 2 N–H and O–H groups in total. The molecule has 3 aliphatic rings. The number of hydrogen-bond acceptors (Lipinski definition) is 8. The number of aromatic nitrogens is 2. The first-order valence-electron chi connectivity index (χ1n) is 14.8. The fourth-order valence-corrected chi connectivity index (χ4v) is 6.07. The van der Waals surface area contributed by atoms with Crippen LogP contribution in [-0.4, -0.2) is 85.0 Å². The molecule has 42 heavy (non-hydrogen) atoms. The Morgan fingerprint density at radius 1 is 1.10 bits per heavy atom. The van der Waals surface area contributed by atoms with Gasteiger partial charge in [-0.1, -0.05) is 12.1 Å². The zero-order valence-electron chi connectivity index (χ0n) is 24.2. The molecule has 230 valence electrons.